The maximum atomic E-state index is 12.9. The van der Waals surface area contributed by atoms with E-state index in [2.05, 4.69) is 20.2 Å². The Morgan fingerprint density at radius 2 is 1.82 bits per heavy atom. The third-order valence-electron chi connectivity index (χ3n) is 5.55. The van der Waals surface area contributed by atoms with Crippen molar-refractivity contribution in [3.63, 3.8) is 0 Å². The van der Waals surface area contributed by atoms with Crippen molar-refractivity contribution in [2.24, 2.45) is 5.92 Å². The molecule has 146 valence electrons. The highest BCUT2D eigenvalue weighted by molar-refractivity contribution is 5.95. The zero-order valence-electron chi connectivity index (χ0n) is 15.9. The minimum atomic E-state index is -0.336. The number of pyridine rings is 1. The fourth-order valence-electron chi connectivity index (χ4n) is 4.04. The van der Waals surface area contributed by atoms with Crippen molar-refractivity contribution in [3.8, 4) is 0 Å². The van der Waals surface area contributed by atoms with E-state index in [1.807, 2.05) is 6.07 Å². The van der Waals surface area contributed by atoms with Gasteiger partial charge in [-0.2, -0.15) is 0 Å². The molecule has 0 aliphatic carbocycles. The normalized spacial score (nSPS) is 21.8. The second kappa shape index (κ2) is 7.92. The standard InChI is InChI=1S/C20H24N6O2/c1-21-18(27)16-13-26(19(28)14-4-7-22-8-5-14)12-15(16)17-6-9-23-20(24-17)25-10-2-3-11-25/h4-9,15-16H,2-3,10-13H2,1H3,(H,21,27)/t15-,16-/m1/s1. The molecule has 2 aliphatic heterocycles. The molecule has 1 N–H and O–H groups in total. The van der Waals surface area contributed by atoms with Crippen LogP contribution in [0.15, 0.2) is 36.8 Å². The lowest BCUT2D eigenvalue weighted by molar-refractivity contribution is -0.124. The summed E-state index contributed by atoms with van der Waals surface area (Å²) in [5.41, 5.74) is 1.39. The monoisotopic (exact) mass is 380 g/mol. The number of aromatic nitrogens is 3. The summed E-state index contributed by atoms with van der Waals surface area (Å²) in [7, 11) is 1.63. The van der Waals surface area contributed by atoms with Gasteiger partial charge in [-0.05, 0) is 31.0 Å². The highest BCUT2D eigenvalue weighted by Gasteiger charge is 2.41. The summed E-state index contributed by atoms with van der Waals surface area (Å²) in [5, 5.41) is 2.73. The molecule has 0 radical (unpaired) electrons. The van der Waals surface area contributed by atoms with E-state index in [0.717, 1.165) is 31.6 Å². The first kappa shape index (κ1) is 18.3. The Morgan fingerprint density at radius 3 is 2.54 bits per heavy atom. The summed E-state index contributed by atoms with van der Waals surface area (Å²) in [6.07, 6.45) is 7.25. The molecule has 0 spiro atoms. The summed E-state index contributed by atoms with van der Waals surface area (Å²) >= 11 is 0. The van der Waals surface area contributed by atoms with Crippen molar-refractivity contribution in [2.75, 3.05) is 38.1 Å². The van der Waals surface area contributed by atoms with Crippen LogP contribution in [0.1, 0.15) is 34.8 Å². The molecule has 2 atom stereocenters. The number of carbonyl (C=O) groups excluding carboxylic acids is 2. The lowest BCUT2D eigenvalue weighted by atomic mass is 9.92. The van der Waals surface area contributed by atoms with Crippen LogP contribution in [-0.4, -0.2) is 64.9 Å². The molecule has 2 saturated heterocycles. The lowest BCUT2D eigenvalue weighted by Gasteiger charge is -2.19. The van der Waals surface area contributed by atoms with Gasteiger partial charge in [-0.25, -0.2) is 9.97 Å². The Balaban J connectivity index is 1.60. The molecular weight excluding hydrogens is 356 g/mol. The predicted octanol–water partition coefficient (Wildman–Crippen LogP) is 1.07. The fraction of sp³-hybridized carbons (Fsp3) is 0.450. The predicted molar refractivity (Wildman–Crippen MR) is 104 cm³/mol. The van der Waals surface area contributed by atoms with Crippen LogP contribution in [0.3, 0.4) is 0 Å². The largest absolute Gasteiger partial charge is 0.359 e. The number of hydrogen-bond donors (Lipinski definition) is 1. The average molecular weight is 380 g/mol. The summed E-state index contributed by atoms with van der Waals surface area (Å²) in [6.45, 7) is 2.74. The third kappa shape index (κ3) is 3.54. The Bertz CT molecular complexity index is 853. The number of nitrogens with one attached hydrogen (secondary N) is 1. The smallest absolute Gasteiger partial charge is 0.254 e. The molecule has 2 aromatic rings. The summed E-state index contributed by atoms with van der Waals surface area (Å²) in [5.74, 6) is 0.0563. The Labute approximate surface area is 164 Å². The fourth-order valence-corrected chi connectivity index (χ4v) is 4.04. The molecular formula is C20H24N6O2. The second-order valence-corrected chi connectivity index (χ2v) is 7.25. The van der Waals surface area contributed by atoms with Crippen molar-refractivity contribution in [1.29, 1.82) is 0 Å². The van der Waals surface area contributed by atoms with Crippen molar-refractivity contribution < 1.29 is 9.59 Å². The van der Waals surface area contributed by atoms with Crippen LogP contribution in [0.4, 0.5) is 5.95 Å². The van der Waals surface area contributed by atoms with Gasteiger partial charge in [0.15, 0.2) is 0 Å². The van der Waals surface area contributed by atoms with Gasteiger partial charge in [0.1, 0.15) is 0 Å². The van der Waals surface area contributed by atoms with Gasteiger partial charge in [0.05, 0.1) is 11.6 Å². The van der Waals surface area contributed by atoms with Crippen LogP contribution in [0.25, 0.3) is 0 Å². The maximum Gasteiger partial charge on any atom is 0.254 e. The number of anilines is 1. The van der Waals surface area contributed by atoms with Crippen molar-refractivity contribution >= 4 is 17.8 Å². The van der Waals surface area contributed by atoms with E-state index in [0.29, 0.717) is 24.6 Å². The number of rotatable bonds is 4. The van der Waals surface area contributed by atoms with Crippen LogP contribution in [-0.2, 0) is 4.79 Å². The minimum Gasteiger partial charge on any atom is -0.359 e. The molecule has 28 heavy (non-hydrogen) atoms. The number of carbonyl (C=O) groups is 2. The second-order valence-electron chi connectivity index (χ2n) is 7.25. The van der Waals surface area contributed by atoms with Crippen molar-refractivity contribution in [2.45, 2.75) is 18.8 Å². The van der Waals surface area contributed by atoms with Crippen molar-refractivity contribution in [1.82, 2.24) is 25.2 Å². The van der Waals surface area contributed by atoms with E-state index in [9.17, 15) is 9.59 Å². The van der Waals surface area contributed by atoms with Crippen LogP contribution < -0.4 is 10.2 Å². The van der Waals surface area contributed by atoms with Gasteiger partial charge in [-0.15, -0.1) is 0 Å². The van der Waals surface area contributed by atoms with Gasteiger partial charge in [0.2, 0.25) is 11.9 Å². The number of amides is 2. The lowest BCUT2D eigenvalue weighted by Crippen LogP contribution is -2.33. The highest BCUT2D eigenvalue weighted by Crippen LogP contribution is 2.33. The zero-order chi connectivity index (χ0) is 19.5. The molecule has 0 saturated carbocycles. The molecule has 2 aliphatic rings. The summed E-state index contributed by atoms with van der Waals surface area (Å²) in [4.78, 5) is 42.5. The maximum absolute atomic E-state index is 12.9. The first-order valence-electron chi connectivity index (χ1n) is 9.66. The molecule has 2 aromatic heterocycles. The number of likely N-dealkylation sites (tertiary alicyclic amines) is 1. The van der Waals surface area contributed by atoms with Gasteiger partial charge < -0.3 is 15.1 Å². The van der Waals surface area contributed by atoms with Gasteiger partial charge in [-0.1, -0.05) is 0 Å². The Morgan fingerprint density at radius 1 is 1.07 bits per heavy atom. The van der Waals surface area contributed by atoms with Gasteiger partial charge in [0, 0.05) is 63.3 Å². The Kier molecular flexibility index (Phi) is 5.18. The molecule has 0 bridgehead atoms. The molecule has 0 aromatic carbocycles. The first-order chi connectivity index (χ1) is 13.7. The number of hydrogen-bond acceptors (Lipinski definition) is 6. The molecule has 0 unspecified atom stereocenters. The quantitative estimate of drug-likeness (QED) is 0.853. The molecule has 2 amide bonds. The van der Waals surface area contributed by atoms with Crippen LogP contribution in [0.2, 0.25) is 0 Å². The van der Waals surface area contributed by atoms with E-state index in [4.69, 9.17) is 4.98 Å². The first-order valence-corrected chi connectivity index (χ1v) is 9.66. The van der Waals surface area contributed by atoms with Gasteiger partial charge in [0.25, 0.3) is 5.91 Å². The van der Waals surface area contributed by atoms with Crippen molar-refractivity contribution in [3.05, 3.63) is 48.0 Å². The van der Waals surface area contributed by atoms with E-state index in [1.54, 1.807) is 42.7 Å². The van der Waals surface area contributed by atoms with E-state index in [1.165, 1.54) is 0 Å². The topological polar surface area (TPSA) is 91.3 Å². The van der Waals surface area contributed by atoms with E-state index in [-0.39, 0.29) is 23.7 Å². The summed E-state index contributed by atoms with van der Waals surface area (Å²) in [6, 6.07) is 5.25. The minimum absolute atomic E-state index is 0.0728. The summed E-state index contributed by atoms with van der Waals surface area (Å²) < 4.78 is 0. The van der Waals surface area contributed by atoms with Crippen LogP contribution in [0, 0.1) is 5.92 Å². The van der Waals surface area contributed by atoms with Crippen LogP contribution in [0.5, 0.6) is 0 Å². The van der Waals surface area contributed by atoms with E-state index >= 15 is 0 Å². The van der Waals surface area contributed by atoms with Gasteiger partial charge >= 0.3 is 0 Å². The highest BCUT2D eigenvalue weighted by atomic mass is 16.2. The molecule has 8 heteroatoms. The zero-order valence-corrected chi connectivity index (χ0v) is 15.9. The van der Waals surface area contributed by atoms with Gasteiger partial charge in [-0.3, -0.25) is 14.6 Å². The SMILES string of the molecule is CNC(=O)[C@@H]1CN(C(=O)c2ccncc2)C[C@H]1c1ccnc(N2CCCC2)n1. The molecule has 4 rings (SSSR count). The van der Waals surface area contributed by atoms with Crippen LogP contribution >= 0.6 is 0 Å². The Hall–Kier alpha value is -3.03. The molecule has 8 nitrogen and oxygen atoms in total. The number of nitrogens with zero attached hydrogens (tertiary/aromatic N) is 5. The average Bonchev–Trinajstić information content (AvgIpc) is 3.44. The third-order valence-corrected chi connectivity index (χ3v) is 5.55. The molecule has 2 fully saturated rings. The molecule has 4 heterocycles. The van der Waals surface area contributed by atoms with E-state index < -0.39 is 0 Å².